The second-order valence-electron chi connectivity index (χ2n) is 6.04. The maximum atomic E-state index is 11.7. The molecule has 0 bridgehead atoms. The summed E-state index contributed by atoms with van der Waals surface area (Å²) in [5.41, 5.74) is 0. The molecule has 0 spiro atoms. The molecule has 1 saturated heterocycles. The van der Waals surface area contributed by atoms with E-state index < -0.39 is 14.6 Å². The van der Waals surface area contributed by atoms with E-state index in [9.17, 15) is 8.42 Å². The highest BCUT2D eigenvalue weighted by molar-refractivity contribution is 14.0. The summed E-state index contributed by atoms with van der Waals surface area (Å²) in [7, 11) is 0.555. The number of hydrogen-bond donors (Lipinski definition) is 1. The Hall–Kier alpha value is -0.0900. The first kappa shape index (κ1) is 20.9. The summed E-state index contributed by atoms with van der Waals surface area (Å²) in [6.07, 6.45) is 2.33. The molecule has 6 nitrogen and oxygen atoms in total. The average Bonchev–Trinajstić information content (AvgIpc) is 2.80. The zero-order valence-corrected chi connectivity index (χ0v) is 16.7. The van der Waals surface area contributed by atoms with E-state index >= 15 is 0 Å². The highest BCUT2D eigenvalue weighted by Crippen LogP contribution is 2.15. The number of ether oxygens (including phenoxy) is 1. The van der Waals surface area contributed by atoms with Gasteiger partial charge in [0.15, 0.2) is 15.8 Å². The normalized spacial score (nSPS) is 20.0. The summed E-state index contributed by atoms with van der Waals surface area (Å²) in [5.74, 6) is 1.23. The first-order chi connectivity index (χ1) is 9.17. The molecule has 8 heteroatoms. The third-order valence-electron chi connectivity index (χ3n) is 3.81. The van der Waals surface area contributed by atoms with Crippen molar-refractivity contribution in [3.63, 3.8) is 0 Å². The van der Waals surface area contributed by atoms with Gasteiger partial charge < -0.3 is 15.0 Å². The number of halogens is 1. The predicted molar refractivity (Wildman–Crippen MR) is 97.3 cm³/mol. The highest BCUT2D eigenvalue weighted by Gasteiger charge is 2.30. The Labute approximate surface area is 145 Å². The minimum absolute atomic E-state index is 0. The lowest BCUT2D eigenvalue weighted by atomic mass is 10.1. The van der Waals surface area contributed by atoms with E-state index in [1.54, 1.807) is 20.9 Å². The van der Waals surface area contributed by atoms with Gasteiger partial charge in [0.1, 0.15) is 0 Å². The molecule has 1 heterocycles. The molecule has 0 amide bonds. The molecule has 0 aromatic heterocycles. The molecule has 1 atom stereocenters. The van der Waals surface area contributed by atoms with Crippen LogP contribution in [0.5, 0.6) is 0 Å². The Balaban J connectivity index is 0.00000400. The van der Waals surface area contributed by atoms with Gasteiger partial charge in [-0.05, 0) is 20.3 Å². The van der Waals surface area contributed by atoms with Crippen LogP contribution in [0.1, 0.15) is 20.3 Å². The van der Waals surface area contributed by atoms with Crippen molar-refractivity contribution in [1.82, 2.24) is 10.2 Å². The van der Waals surface area contributed by atoms with E-state index in [0.717, 1.165) is 26.2 Å². The summed E-state index contributed by atoms with van der Waals surface area (Å²) in [5, 5.41) is 3.15. The van der Waals surface area contributed by atoms with Crippen LogP contribution in [0.4, 0.5) is 0 Å². The summed E-state index contributed by atoms with van der Waals surface area (Å²) < 4.78 is 27.9. The summed E-state index contributed by atoms with van der Waals surface area (Å²) in [6, 6.07) is 0. The van der Waals surface area contributed by atoms with Gasteiger partial charge in [-0.25, -0.2) is 8.42 Å². The Morgan fingerprint density at radius 1 is 1.48 bits per heavy atom. The molecule has 0 saturated carbocycles. The second-order valence-corrected chi connectivity index (χ2v) is 8.69. The van der Waals surface area contributed by atoms with Crippen molar-refractivity contribution >= 4 is 39.8 Å². The molecule has 1 aliphatic heterocycles. The Bertz CT molecular complexity index is 446. The van der Waals surface area contributed by atoms with Crippen molar-refractivity contribution in [1.29, 1.82) is 0 Å². The molecule has 1 aliphatic rings. The number of guanidine groups is 1. The van der Waals surface area contributed by atoms with E-state index in [-0.39, 0.29) is 24.0 Å². The van der Waals surface area contributed by atoms with E-state index in [4.69, 9.17) is 4.74 Å². The fourth-order valence-electron chi connectivity index (χ4n) is 2.01. The topological polar surface area (TPSA) is 71.0 Å². The molecule has 21 heavy (non-hydrogen) atoms. The number of aliphatic imine (C=N–C) groups is 1. The SMILES string of the molecule is CN=C(NCC(C)(C)S(C)(=O)=O)N(C)CC1CCOC1.I. The molecule has 0 aromatic carbocycles. The van der Waals surface area contributed by atoms with Gasteiger partial charge in [-0.2, -0.15) is 0 Å². The van der Waals surface area contributed by atoms with Gasteiger partial charge in [-0.3, -0.25) is 4.99 Å². The zero-order chi connectivity index (χ0) is 15.4. The van der Waals surface area contributed by atoms with Gasteiger partial charge in [0, 0.05) is 46.0 Å². The Kier molecular flexibility index (Phi) is 8.48. The highest BCUT2D eigenvalue weighted by atomic mass is 127. The lowest BCUT2D eigenvalue weighted by Crippen LogP contribution is -2.49. The van der Waals surface area contributed by atoms with E-state index in [0.29, 0.717) is 18.4 Å². The van der Waals surface area contributed by atoms with Gasteiger partial charge in [0.25, 0.3) is 0 Å². The first-order valence-electron chi connectivity index (χ1n) is 6.86. The third-order valence-corrected chi connectivity index (χ3v) is 5.96. The van der Waals surface area contributed by atoms with Crippen LogP contribution in [0.15, 0.2) is 4.99 Å². The van der Waals surface area contributed by atoms with Crippen LogP contribution in [-0.2, 0) is 14.6 Å². The van der Waals surface area contributed by atoms with E-state index in [2.05, 4.69) is 10.3 Å². The summed E-state index contributed by atoms with van der Waals surface area (Å²) in [6.45, 7) is 6.24. The number of nitrogens with zero attached hydrogens (tertiary/aromatic N) is 2. The molecule has 1 N–H and O–H groups in total. The Morgan fingerprint density at radius 3 is 2.52 bits per heavy atom. The quantitative estimate of drug-likeness (QED) is 0.398. The van der Waals surface area contributed by atoms with Crippen molar-refractivity contribution < 1.29 is 13.2 Å². The van der Waals surface area contributed by atoms with E-state index in [1.165, 1.54) is 6.26 Å². The van der Waals surface area contributed by atoms with Gasteiger partial charge in [0.05, 0.1) is 11.4 Å². The molecule has 1 unspecified atom stereocenters. The molecule has 1 rings (SSSR count). The van der Waals surface area contributed by atoms with Crippen molar-refractivity contribution in [2.24, 2.45) is 10.9 Å². The number of nitrogens with one attached hydrogen (secondary N) is 1. The molecule has 0 aromatic rings. The van der Waals surface area contributed by atoms with Crippen LogP contribution >= 0.6 is 24.0 Å². The van der Waals surface area contributed by atoms with Crippen molar-refractivity contribution in [3.05, 3.63) is 0 Å². The van der Waals surface area contributed by atoms with Crippen LogP contribution in [0, 0.1) is 5.92 Å². The molecular weight excluding hydrogens is 405 g/mol. The molecule has 126 valence electrons. The molecule has 0 aliphatic carbocycles. The van der Waals surface area contributed by atoms with E-state index in [1.807, 2.05) is 11.9 Å². The molecule has 1 fully saturated rings. The third kappa shape index (κ3) is 6.27. The minimum atomic E-state index is -3.11. The minimum Gasteiger partial charge on any atom is -0.381 e. The lowest BCUT2D eigenvalue weighted by Gasteiger charge is -2.28. The standard InChI is InChI=1S/C13H27N3O3S.HI/c1-13(2,20(5,17)18)10-15-12(14-3)16(4)8-11-6-7-19-9-11;/h11H,6-10H2,1-5H3,(H,14,15);1H. The van der Waals surface area contributed by atoms with Crippen LogP contribution < -0.4 is 5.32 Å². The average molecular weight is 433 g/mol. The van der Waals surface area contributed by atoms with Gasteiger partial charge in [-0.1, -0.05) is 0 Å². The van der Waals surface area contributed by atoms with Crippen LogP contribution in [0.25, 0.3) is 0 Å². The fourth-order valence-corrected chi connectivity index (χ4v) is 2.34. The van der Waals surface area contributed by atoms with Crippen LogP contribution in [0.2, 0.25) is 0 Å². The first-order valence-corrected chi connectivity index (χ1v) is 8.75. The fraction of sp³-hybridized carbons (Fsp3) is 0.923. The summed E-state index contributed by atoms with van der Waals surface area (Å²) in [4.78, 5) is 6.24. The maximum Gasteiger partial charge on any atom is 0.193 e. The van der Waals surface area contributed by atoms with Gasteiger partial charge in [-0.15, -0.1) is 24.0 Å². The van der Waals surface area contributed by atoms with Crippen LogP contribution in [-0.4, -0.2) is 70.7 Å². The largest absolute Gasteiger partial charge is 0.381 e. The predicted octanol–water partition coefficient (Wildman–Crippen LogP) is 0.971. The summed E-state index contributed by atoms with van der Waals surface area (Å²) >= 11 is 0. The number of sulfone groups is 1. The number of rotatable bonds is 5. The van der Waals surface area contributed by atoms with Crippen molar-refractivity contribution in [2.45, 2.75) is 25.0 Å². The molecular formula is C13H28IN3O3S. The Morgan fingerprint density at radius 2 is 2.10 bits per heavy atom. The van der Waals surface area contributed by atoms with Gasteiger partial charge >= 0.3 is 0 Å². The number of hydrogen-bond acceptors (Lipinski definition) is 4. The van der Waals surface area contributed by atoms with Gasteiger partial charge in [0.2, 0.25) is 0 Å². The monoisotopic (exact) mass is 433 g/mol. The zero-order valence-electron chi connectivity index (χ0n) is 13.5. The van der Waals surface area contributed by atoms with Crippen molar-refractivity contribution in [2.75, 3.05) is 46.7 Å². The lowest BCUT2D eigenvalue weighted by molar-refractivity contribution is 0.181. The van der Waals surface area contributed by atoms with Crippen LogP contribution in [0.3, 0.4) is 0 Å². The smallest absolute Gasteiger partial charge is 0.193 e. The molecule has 0 radical (unpaired) electrons. The second kappa shape index (κ2) is 8.52. The maximum absolute atomic E-state index is 11.7. The van der Waals surface area contributed by atoms with Crippen molar-refractivity contribution in [3.8, 4) is 0 Å².